The zero-order valence-corrected chi connectivity index (χ0v) is 8.16. The molecule has 0 amide bonds. The Morgan fingerprint density at radius 3 is 2.57 bits per heavy atom. The third-order valence-electron chi connectivity index (χ3n) is 1.71. The van der Waals surface area contributed by atoms with Crippen molar-refractivity contribution in [1.29, 1.82) is 0 Å². The summed E-state index contributed by atoms with van der Waals surface area (Å²) in [6, 6.07) is 4.60. The maximum Gasteiger partial charge on any atom is 0.269 e. The Bertz CT molecular complexity index is 448. The van der Waals surface area contributed by atoms with Gasteiger partial charge in [0.2, 0.25) is 0 Å². The molecule has 1 aromatic carbocycles. The molecule has 0 saturated carbocycles. The van der Waals surface area contributed by atoms with Crippen LogP contribution in [0.3, 0.4) is 0 Å². The zero-order valence-electron chi connectivity index (χ0n) is 7.34. The highest BCUT2D eigenvalue weighted by molar-refractivity contribution is 7.85. The van der Waals surface area contributed by atoms with Crippen molar-refractivity contribution in [3.63, 3.8) is 0 Å². The lowest BCUT2D eigenvalue weighted by Gasteiger charge is -2.04. The van der Waals surface area contributed by atoms with Crippen molar-refractivity contribution < 1.29 is 18.1 Å². The normalized spacial score (nSPS) is 11.2. The second kappa shape index (κ2) is 3.81. The fourth-order valence-electron chi connectivity index (χ4n) is 1.09. The van der Waals surface area contributed by atoms with E-state index in [1.54, 1.807) is 12.1 Å². The molecule has 0 fully saturated rings. The third kappa shape index (κ3) is 2.58. The van der Waals surface area contributed by atoms with Gasteiger partial charge in [0, 0.05) is 11.1 Å². The highest BCUT2D eigenvalue weighted by Gasteiger charge is 2.11. The van der Waals surface area contributed by atoms with E-state index in [0.717, 1.165) is 0 Å². The van der Waals surface area contributed by atoms with E-state index in [9.17, 15) is 13.5 Å². The molecule has 1 rings (SSSR count). The van der Waals surface area contributed by atoms with E-state index in [1.165, 1.54) is 12.1 Å². The van der Waals surface area contributed by atoms with Crippen molar-refractivity contribution in [2.45, 2.75) is 5.75 Å². The molecule has 0 saturated heterocycles. The van der Waals surface area contributed by atoms with Crippen molar-refractivity contribution in [3.05, 3.63) is 35.9 Å². The van der Waals surface area contributed by atoms with E-state index >= 15 is 0 Å². The van der Waals surface area contributed by atoms with Gasteiger partial charge in [0.25, 0.3) is 10.1 Å². The van der Waals surface area contributed by atoms with Crippen LogP contribution in [0.1, 0.15) is 11.1 Å². The number of benzene rings is 1. The number of aromatic hydroxyl groups is 1. The standard InChI is InChI=1S/C9H10O4S/c1-2-7-4-3-5-8(9(7)10)6-14(11,12)13/h2-5,10H,1,6H2,(H,11,12,13). The molecule has 5 heteroatoms. The van der Waals surface area contributed by atoms with Crippen molar-refractivity contribution in [2.75, 3.05) is 0 Å². The molecule has 4 nitrogen and oxygen atoms in total. The topological polar surface area (TPSA) is 74.6 Å². The molecule has 0 atom stereocenters. The van der Waals surface area contributed by atoms with Crippen molar-refractivity contribution in [2.24, 2.45) is 0 Å². The summed E-state index contributed by atoms with van der Waals surface area (Å²) in [4.78, 5) is 0. The highest BCUT2D eigenvalue weighted by atomic mass is 32.2. The van der Waals surface area contributed by atoms with E-state index in [2.05, 4.69) is 6.58 Å². The maximum atomic E-state index is 10.6. The smallest absolute Gasteiger partial charge is 0.269 e. The number of para-hydroxylation sites is 1. The quantitative estimate of drug-likeness (QED) is 0.746. The van der Waals surface area contributed by atoms with Gasteiger partial charge in [-0.2, -0.15) is 8.42 Å². The molecule has 14 heavy (non-hydrogen) atoms. The van der Waals surface area contributed by atoms with Crippen LogP contribution in [0.15, 0.2) is 24.8 Å². The van der Waals surface area contributed by atoms with E-state index in [-0.39, 0.29) is 11.3 Å². The fraction of sp³-hybridized carbons (Fsp3) is 0.111. The van der Waals surface area contributed by atoms with E-state index in [1.807, 2.05) is 0 Å². The lowest BCUT2D eigenvalue weighted by molar-refractivity contribution is 0.461. The summed E-state index contributed by atoms with van der Waals surface area (Å²) < 4.78 is 29.7. The lowest BCUT2D eigenvalue weighted by Crippen LogP contribution is -2.02. The molecule has 0 unspecified atom stereocenters. The minimum atomic E-state index is -4.12. The molecule has 0 spiro atoms. The number of hydrogen-bond acceptors (Lipinski definition) is 3. The summed E-state index contributed by atoms with van der Waals surface area (Å²) >= 11 is 0. The molecular formula is C9H10O4S. The molecule has 76 valence electrons. The van der Waals surface area contributed by atoms with Crippen molar-refractivity contribution in [3.8, 4) is 5.75 Å². The number of phenolic OH excluding ortho intramolecular Hbond substituents is 1. The highest BCUT2D eigenvalue weighted by Crippen LogP contribution is 2.24. The Kier molecular flexibility index (Phi) is 2.93. The van der Waals surface area contributed by atoms with Crippen LogP contribution in [0.5, 0.6) is 5.75 Å². The van der Waals surface area contributed by atoms with Crippen LogP contribution in [0.4, 0.5) is 0 Å². The molecule has 0 heterocycles. The molecule has 0 aromatic heterocycles. The largest absolute Gasteiger partial charge is 0.507 e. The van der Waals surface area contributed by atoms with Crippen molar-refractivity contribution >= 4 is 16.2 Å². The Hall–Kier alpha value is -1.33. The summed E-state index contributed by atoms with van der Waals surface area (Å²) in [6.07, 6.45) is 1.41. The second-order valence-electron chi connectivity index (χ2n) is 2.79. The van der Waals surface area contributed by atoms with Crippen molar-refractivity contribution in [1.82, 2.24) is 0 Å². The van der Waals surface area contributed by atoms with Crippen LogP contribution >= 0.6 is 0 Å². The van der Waals surface area contributed by atoms with Crippen LogP contribution in [0.25, 0.3) is 6.08 Å². The van der Waals surface area contributed by atoms with Crippen LogP contribution in [-0.2, 0) is 15.9 Å². The monoisotopic (exact) mass is 214 g/mol. The predicted octanol–water partition coefficient (Wildman–Crippen LogP) is 1.42. The molecule has 0 aliphatic heterocycles. The van der Waals surface area contributed by atoms with Gasteiger partial charge >= 0.3 is 0 Å². The zero-order chi connectivity index (χ0) is 10.8. The Morgan fingerprint density at radius 1 is 1.43 bits per heavy atom. The molecule has 0 bridgehead atoms. The van der Waals surface area contributed by atoms with Gasteiger partial charge in [0.15, 0.2) is 0 Å². The average molecular weight is 214 g/mol. The van der Waals surface area contributed by atoms with Gasteiger partial charge in [-0.05, 0) is 0 Å². The first-order chi connectivity index (χ1) is 6.44. The van der Waals surface area contributed by atoms with E-state index in [4.69, 9.17) is 4.55 Å². The van der Waals surface area contributed by atoms with Gasteiger partial charge in [-0.1, -0.05) is 30.9 Å². The van der Waals surface area contributed by atoms with Gasteiger partial charge in [-0.15, -0.1) is 0 Å². The van der Waals surface area contributed by atoms with Gasteiger partial charge in [0.05, 0.1) is 0 Å². The Balaban J connectivity index is 3.17. The summed E-state index contributed by atoms with van der Waals surface area (Å²) in [5.74, 6) is -0.763. The fourth-order valence-corrected chi connectivity index (χ4v) is 1.71. The van der Waals surface area contributed by atoms with Gasteiger partial charge in [-0.3, -0.25) is 4.55 Å². The van der Waals surface area contributed by atoms with Gasteiger partial charge < -0.3 is 5.11 Å². The number of hydrogen-bond donors (Lipinski definition) is 2. The first-order valence-electron chi connectivity index (χ1n) is 3.82. The van der Waals surface area contributed by atoms with Gasteiger partial charge in [0.1, 0.15) is 11.5 Å². The SMILES string of the molecule is C=Cc1cccc(CS(=O)(=O)O)c1O. The molecule has 1 aromatic rings. The molecular weight excluding hydrogens is 204 g/mol. The minimum absolute atomic E-state index is 0.157. The summed E-state index contributed by atoms with van der Waals surface area (Å²) in [5.41, 5.74) is 0.594. The van der Waals surface area contributed by atoms with Crippen LogP contribution < -0.4 is 0 Å². The molecule has 0 aliphatic carbocycles. The first kappa shape index (κ1) is 10.7. The number of rotatable bonds is 3. The molecule has 2 N–H and O–H groups in total. The average Bonchev–Trinajstić information content (AvgIpc) is 2.06. The molecule has 0 radical (unpaired) electrons. The summed E-state index contributed by atoms with van der Waals surface area (Å²) in [6.45, 7) is 3.46. The summed E-state index contributed by atoms with van der Waals surface area (Å²) in [5, 5.41) is 9.51. The Labute approximate surface area is 82.3 Å². The van der Waals surface area contributed by atoms with Crippen LogP contribution in [-0.4, -0.2) is 18.1 Å². The second-order valence-corrected chi connectivity index (χ2v) is 4.24. The number of phenols is 1. The summed E-state index contributed by atoms with van der Waals surface area (Å²) in [7, 11) is -4.12. The molecule has 0 aliphatic rings. The van der Waals surface area contributed by atoms with Crippen LogP contribution in [0, 0.1) is 0 Å². The third-order valence-corrected chi connectivity index (χ3v) is 2.38. The van der Waals surface area contributed by atoms with Gasteiger partial charge in [-0.25, -0.2) is 0 Å². The first-order valence-corrected chi connectivity index (χ1v) is 5.43. The predicted molar refractivity (Wildman–Crippen MR) is 53.5 cm³/mol. The lowest BCUT2D eigenvalue weighted by atomic mass is 10.1. The Morgan fingerprint density at radius 2 is 2.07 bits per heavy atom. The maximum absolute atomic E-state index is 10.6. The van der Waals surface area contributed by atoms with E-state index in [0.29, 0.717) is 5.56 Å². The van der Waals surface area contributed by atoms with Crippen LogP contribution in [0.2, 0.25) is 0 Å². The minimum Gasteiger partial charge on any atom is -0.507 e. The van der Waals surface area contributed by atoms with E-state index < -0.39 is 15.9 Å².